The third-order valence-corrected chi connectivity index (χ3v) is 2.96. The van der Waals surface area contributed by atoms with Crippen LogP contribution in [0, 0.1) is 5.82 Å². The van der Waals surface area contributed by atoms with Gasteiger partial charge in [0.05, 0.1) is 7.11 Å². The molecule has 0 radical (unpaired) electrons. The second-order valence-electron chi connectivity index (χ2n) is 4.22. The van der Waals surface area contributed by atoms with Crippen LogP contribution in [0.15, 0.2) is 24.3 Å². The maximum absolute atomic E-state index is 12.9. The van der Waals surface area contributed by atoms with Crippen molar-refractivity contribution in [2.24, 2.45) is 0 Å². The molecule has 1 aromatic carbocycles. The van der Waals surface area contributed by atoms with Crippen LogP contribution in [0.25, 0.3) is 0 Å². The number of carbonyl (C=O) groups excluding carboxylic acids is 1. The molecule has 0 spiro atoms. The van der Waals surface area contributed by atoms with E-state index in [1.165, 1.54) is 38.5 Å². The molecule has 1 fully saturated rings. The molecule has 0 N–H and O–H groups in total. The zero-order valence-corrected chi connectivity index (χ0v) is 10.9. The first kappa shape index (κ1) is 13.9. The Bertz CT molecular complexity index is 461. The van der Waals surface area contributed by atoms with E-state index in [-0.39, 0.29) is 5.82 Å². The van der Waals surface area contributed by atoms with Crippen LogP contribution in [-0.4, -0.2) is 32.3 Å². The summed E-state index contributed by atoms with van der Waals surface area (Å²) in [6, 6.07) is 5.63. The third-order valence-electron chi connectivity index (χ3n) is 2.96. The van der Waals surface area contributed by atoms with Gasteiger partial charge in [-0.25, -0.2) is 9.18 Å². The molecule has 1 heterocycles. The van der Waals surface area contributed by atoms with Crippen molar-refractivity contribution >= 4 is 5.97 Å². The van der Waals surface area contributed by atoms with Crippen LogP contribution in [0.1, 0.15) is 18.6 Å². The average Bonchev–Trinajstić information content (AvgIpc) is 2.78. The van der Waals surface area contributed by atoms with Gasteiger partial charge >= 0.3 is 5.97 Å². The zero-order chi connectivity index (χ0) is 14.0. The molecule has 0 amide bonds. The van der Waals surface area contributed by atoms with Gasteiger partial charge in [-0.3, -0.25) is 0 Å². The van der Waals surface area contributed by atoms with Crippen molar-refractivity contribution < 1.29 is 28.1 Å². The fraction of sp³-hybridized carbons (Fsp3) is 0.462. The number of benzene rings is 1. The van der Waals surface area contributed by atoms with Crippen molar-refractivity contribution in [3.05, 3.63) is 35.6 Å². The molecule has 0 saturated carbocycles. The highest BCUT2D eigenvalue weighted by Gasteiger charge is 2.49. The van der Waals surface area contributed by atoms with E-state index in [9.17, 15) is 9.18 Å². The van der Waals surface area contributed by atoms with E-state index < -0.39 is 24.2 Å². The number of methoxy groups -OCH3 is 2. The van der Waals surface area contributed by atoms with Crippen molar-refractivity contribution in [2.75, 3.05) is 14.2 Å². The van der Waals surface area contributed by atoms with Gasteiger partial charge in [-0.2, -0.15) is 0 Å². The highest BCUT2D eigenvalue weighted by Crippen LogP contribution is 2.39. The number of carbonyl (C=O) groups is 1. The summed E-state index contributed by atoms with van der Waals surface area (Å²) < 4.78 is 33.7. The molecular weight excluding hydrogens is 255 g/mol. The van der Waals surface area contributed by atoms with Gasteiger partial charge < -0.3 is 18.9 Å². The fourth-order valence-electron chi connectivity index (χ4n) is 1.89. The summed E-state index contributed by atoms with van der Waals surface area (Å²) in [5.74, 6) is -2.28. The van der Waals surface area contributed by atoms with Crippen LogP contribution in [0.4, 0.5) is 4.39 Å². The van der Waals surface area contributed by atoms with Crippen molar-refractivity contribution in [1.82, 2.24) is 0 Å². The minimum absolute atomic E-state index is 0.369. The third kappa shape index (κ3) is 2.75. The summed E-state index contributed by atoms with van der Waals surface area (Å²) in [6.07, 6.45) is -1.67. The summed E-state index contributed by atoms with van der Waals surface area (Å²) >= 11 is 0. The monoisotopic (exact) mass is 270 g/mol. The lowest BCUT2D eigenvalue weighted by atomic mass is 10.0. The standard InChI is InChI=1S/C13H15FO5/c1-13(17-3)18-10(11(19-13)12(15)16-2)8-4-6-9(14)7-5-8/h4-7,10-11H,1-3H3/t10-,11+,13?/m0/s1. The van der Waals surface area contributed by atoms with Crippen LogP contribution < -0.4 is 0 Å². The van der Waals surface area contributed by atoms with E-state index in [1.54, 1.807) is 6.92 Å². The Hall–Kier alpha value is -1.50. The van der Waals surface area contributed by atoms with E-state index in [4.69, 9.17) is 14.2 Å². The quantitative estimate of drug-likeness (QED) is 0.784. The van der Waals surface area contributed by atoms with E-state index in [0.29, 0.717) is 5.56 Å². The van der Waals surface area contributed by atoms with Gasteiger partial charge in [-0.1, -0.05) is 12.1 Å². The lowest BCUT2D eigenvalue weighted by Gasteiger charge is -2.20. The molecule has 1 aromatic rings. The van der Waals surface area contributed by atoms with Crippen LogP contribution in [0.5, 0.6) is 0 Å². The average molecular weight is 270 g/mol. The maximum atomic E-state index is 12.9. The van der Waals surface area contributed by atoms with E-state index in [0.717, 1.165) is 0 Å². The van der Waals surface area contributed by atoms with E-state index in [2.05, 4.69) is 4.74 Å². The Balaban J connectivity index is 2.30. The molecule has 0 aromatic heterocycles. The maximum Gasteiger partial charge on any atom is 0.338 e. The second kappa shape index (κ2) is 5.24. The number of hydrogen-bond acceptors (Lipinski definition) is 5. The number of esters is 1. The first-order valence-corrected chi connectivity index (χ1v) is 5.73. The fourth-order valence-corrected chi connectivity index (χ4v) is 1.89. The van der Waals surface area contributed by atoms with Crippen molar-refractivity contribution in [2.45, 2.75) is 25.1 Å². The molecule has 19 heavy (non-hydrogen) atoms. The Kier molecular flexibility index (Phi) is 3.84. The van der Waals surface area contributed by atoms with Crippen LogP contribution in [0.3, 0.4) is 0 Å². The molecular formula is C13H15FO5. The second-order valence-corrected chi connectivity index (χ2v) is 4.22. The summed E-state index contributed by atoms with van der Waals surface area (Å²) in [6.45, 7) is 1.55. The molecule has 5 nitrogen and oxygen atoms in total. The predicted octanol–water partition coefficient (Wildman–Crippen LogP) is 1.78. The van der Waals surface area contributed by atoms with Crippen LogP contribution >= 0.6 is 0 Å². The van der Waals surface area contributed by atoms with Gasteiger partial charge in [0, 0.05) is 14.0 Å². The highest BCUT2D eigenvalue weighted by atomic mass is 19.1. The zero-order valence-electron chi connectivity index (χ0n) is 10.9. The minimum Gasteiger partial charge on any atom is -0.467 e. The number of ether oxygens (including phenoxy) is 4. The normalized spacial score (nSPS) is 30.3. The summed E-state index contributed by atoms with van der Waals surface area (Å²) in [4.78, 5) is 11.7. The molecule has 1 aliphatic heterocycles. The van der Waals surface area contributed by atoms with Gasteiger partial charge in [0.1, 0.15) is 11.9 Å². The van der Waals surface area contributed by atoms with Crippen molar-refractivity contribution in [3.63, 3.8) is 0 Å². The number of rotatable bonds is 3. The molecule has 1 unspecified atom stereocenters. The SMILES string of the molecule is COC(=O)[C@@H]1OC(C)(OC)O[C@H]1c1ccc(F)cc1. The highest BCUT2D eigenvalue weighted by molar-refractivity contribution is 5.76. The van der Waals surface area contributed by atoms with Crippen molar-refractivity contribution in [1.29, 1.82) is 0 Å². The van der Waals surface area contributed by atoms with Gasteiger partial charge in [-0.05, 0) is 17.7 Å². The molecule has 2 rings (SSSR count). The lowest BCUT2D eigenvalue weighted by Crippen LogP contribution is -2.31. The summed E-state index contributed by atoms with van der Waals surface area (Å²) in [7, 11) is 2.66. The Labute approximate surface area is 110 Å². The van der Waals surface area contributed by atoms with Crippen LogP contribution in [-0.2, 0) is 23.7 Å². The topological polar surface area (TPSA) is 54.0 Å². The van der Waals surface area contributed by atoms with Crippen LogP contribution in [0.2, 0.25) is 0 Å². The first-order valence-electron chi connectivity index (χ1n) is 5.73. The lowest BCUT2D eigenvalue weighted by molar-refractivity contribution is -0.318. The Morgan fingerprint density at radius 3 is 2.42 bits per heavy atom. The smallest absolute Gasteiger partial charge is 0.338 e. The number of halogens is 1. The molecule has 1 aliphatic rings. The molecule has 0 aliphatic carbocycles. The van der Waals surface area contributed by atoms with E-state index >= 15 is 0 Å². The molecule has 3 atom stereocenters. The molecule has 1 saturated heterocycles. The Morgan fingerprint density at radius 2 is 1.89 bits per heavy atom. The molecule has 104 valence electrons. The first-order chi connectivity index (χ1) is 8.99. The van der Waals surface area contributed by atoms with Gasteiger partial charge in [-0.15, -0.1) is 0 Å². The van der Waals surface area contributed by atoms with Gasteiger partial charge in [0.15, 0.2) is 6.10 Å². The number of hydrogen-bond donors (Lipinski definition) is 0. The summed E-state index contributed by atoms with van der Waals surface area (Å²) in [5, 5.41) is 0. The van der Waals surface area contributed by atoms with Gasteiger partial charge in [0.25, 0.3) is 5.97 Å². The largest absolute Gasteiger partial charge is 0.467 e. The molecule has 0 bridgehead atoms. The summed E-state index contributed by atoms with van der Waals surface area (Å²) in [5.41, 5.74) is 0.609. The Morgan fingerprint density at radius 1 is 1.26 bits per heavy atom. The molecule has 6 heteroatoms. The minimum atomic E-state index is -1.34. The van der Waals surface area contributed by atoms with Crippen molar-refractivity contribution in [3.8, 4) is 0 Å². The predicted molar refractivity (Wildman–Crippen MR) is 62.5 cm³/mol. The van der Waals surface area contributed by atoms with E-state index in [1.807, 2.05) is 0 Å². The van der Waals surface area contributed by atoms with Gasteiger partial charge in [0.2, 0.25) is 0 Å².